The Hall–Kier alpha value is -3.21. The summed E-state index contributed by atoms with van der Waals surface area (Å²) in [4.78, 5) is 2.43. The fourth-order valence-corrected chi connectivity index (χ4v) is 3.97. The lowest BCUT2D eigenvalue weighted by molar-refractivity contribution is -0.139. The Morgan fingerprint density at radius 1 is 1.03 bits per heavy atom. The molecule has 34 heavy (non-hydrogen) atoms. The van der Waals surface area contributed by atoms with Crippen molar-refractivity contribution < 1.29 is 27.0 Å². The predicted octanol–water partition coefficient (Wildman–Crippen LogP) is 5.19. The number of nitrogens with one attached hydrogen (secondary N) is 1. The van der Waals surface area contributed by atoms with E-state index in [-0.39, 0.29) is 11.5 Å². The molecule has 7 nitrogen and oxygen atoms in total. The summed E-state index contributed by atoms with van der Waals surface area (Å²) in [7, 11) is 1.49. The van der Waals surface area contributed by atoms with Crippen molar-refractivity contribution in [3.63, 3.8) is 0 Å². The second kappa shape index (κ2) is 10.4. The van der Waals surface area contributed by atoms with Gasteiger partial charge in [-0.1, -0.05) is 6.42 Å². The number of nitrogens with zero attached hydrogens (tertiary/aromatic N) is 4. The summed E-state index contributed by atoms with van der Waals surface area (Å²) in [5.74, 6) is -0.285. The van der Waals surface area contributed by atoms with Crippen molar-refractivity contribution in [2.24, 2.45) is 0 Å². The van der Waals surface area contributed by atoms with Gasteiger partial charge in [0.1, 0.15) is 11.3 Å². The molecule has 0 bridgehead atoms. The molecule has 0 aliphatic carbocycles. The van der Waals surface area contributed by atoms with Crippen LogP contribution in [0.4, 0.5) is 29.1 Å². The molecule has 0 unspecified atom stereocenters. The molecule has 0 saturated carbocycles. The first kappa shape index (κ1) is 23.9. The number of benzene rings is 2. The van der Waals surface area contributed by atoms with Gasteiger partial charge in [-0.3, -0.25) is 0 Å². The van der Waals surface area contributed by atoms with Gasteiger partial charge in [-0.05, 0) is 61.8 Å². The van der Waals surface area contributed by atoms with Crippen LogP contribution >= 0.6 is 0 Å². The molecule has 2 aromatic carbocycles. The molecule has 2 heterocycles. The van der Waals surface area contributed by atoms with Gasteiger partial charge in [0.15, 0.2) is 17.3 Å². The number of piperidine rings is 1. The summed E-state index contributed by atoms with van der Waals surface area (Å²) in [6.45, 7) is 3.70. The van der Waals surface area contributed by atoms with Crippen LogP contribution in [0.3, 0.4) is 0 Å². The van der Waals surface area contributed by atoms with Gasteiger partial charge in [0.05, 0.1) is 24.7 Å². The number of hydrogen-bond donors (Lipinski definition) is 1. The van der Waals surface area contributed by atoms with Crippen LogP contribution in [0.25, 0.3) is 10.9 Å². The number of methoxy groups -OCH3 is 1. The van der Waals surface area contributed by atoms with Crippen LogP contribution in [0.5, 0.6) is 11.5 Å². The minimum atomic E-state index is -4.82. The molecule has 1 aliphatic heterocycles. The Morgan fingerprint density at radius 2 is 1.82 bits per heavy atom. The van der Waals surface area contributed by atoms with Crippen LogP contribution in [0.2, 0.25) is 0 Å². The molecule has 1 aliphatic rings. The molecular formula is C23H25F4N5O2. The van der Waals surface area contributed by atoms with Gasteiger partial charge in [-0.15, -0.1) is 10.2 Å². The molecule has 1 N–H and O–H groups in total. The summed E-state index contributed by atoms with van der Waals surface area (Å²) in [5.41, 5.74) is -0.948. The zero-order chi connectivity index (χ0) is 24.1. The maximum atomic E-state index is 13.6. The van der Waals surface area contributed by atoms with E-state index in [0.717, 1.165) is 32.1 Å². The number of hydrogen-bond acceptors (Lipinski definition) is 7. The average molecular weight is 479 g/mol. The summed E-state index contributed by atoms with van der Waals surface area (Å²) >= 11 is 0. The second-order valence-corrected chi connectivity index (χ2v) is 8.08. The first-order valence-corrected chi connectivity index (χ1v) is 11.0. The highest BCUT2D eigenvalue weighted by Crippen LogP contribution is 2.36. The minimum Gasteiger partial charge on any atom is -0.493 e. The fraction of sp³-hybridized carbons (Fsp3) is 0.435. The van der Waals surface area contributed by atoms with Crippen molar-refractivity contribution in [2.45, 2.75) is 31.9 Å². The van der Waals surface area contributed by atoms with Crippen molar-refractivity contribution >= 4 is 22.4 Å². The number of aromatic nitrogens is 3. The van der Waals surface area contributed by atoms with Crippen LogP contribution in [-0.4, -0.2) is 53.7 Å². The number of fused-ring (bicyclic) bond motifs is 1. The monoisotopic (exact) mass is 479 g/mol. The van der Waals surface area contributed by atoms with Gasteiger partial charge < -0.3 is 19.7 Å². The molecule has 3 aromatic rings. The van der Waals surface area contributed by atoms with Crippen LogP contribution in [0.15, 0.2) is 30.3 Å². The molecule has 0 amide bonds. The van der Waals surface area contributed by atoms with E-state index in [1.165, 1.54) is 32.4 Å². The molecule has 4 rings (SSSR count). The van der Waals surface area contributed by atoms with E-state index in [0.29, 0.717) is 35.1 Å². The highest BCUT2D eigenvalue weighted by Gasteiger charge is 2.34. The standard InChI is InChI=1S/C23H25F4N5O2/c1-33-20-13-16-19(14-21(20)34-11-5-10-32-8-3-2-4-9-32)29-31-30-22(16)28-15-6-7-18(24)17(12-15)23(25,26)27/h6-7,12-14H,2-5,8-11H2,1H3,(H,28,29,30). The number of ether oxygens (including phenoxy) is 2. The van der Waals surface area contributed by atoms with E-state index >= 15 is 0 Å². The smallest absolute Gasteiger partial charge is 0.419 e. The second-order valence-electron chi connectivity index (χ2n) is 8.08. The molecule has 1 saturated heterocycles. The summed E-state index contributed by atoms with van der Waals surface area (Å²) in [5, 5.41) is 14.8. The lowest BCUT2D eigenvalue weighted by Gasteiger charge is -2.26. The molecule has 182 valence electrons. The topological polar surface area (TPSA) is 72.4 Å². The van der Waals surface area contributed by atoms with Gasteiger partial charge in [0, 0.05) is 18.3 Å². The first-order valence-electron chi connectivity index (χ1n) is 11.0. The molecule has 11 heteroatoms. The van der Waals surface area contributed by atoms with Crippen molar-refractivity contribution in [3.8, 4) is 11.5 Å². The van der Waals surface area contributed by atoms with Crippen molar-refractivity contribution in [1.82, 2.24) is 20.3 Å². The van der Waals surface area contributed by atoms with E-state index in [9.17, 15) is 17.6 Å². The van der Waals surface area contributed by atoms with Crippen molar-refractivity contribution in [1.29, 1.82) is 0 Å². The van der Waals surface area contributed by atoms with Crippen LogP contribution < -0.4 is 14.8 Å². The molecule has 0 radical (unpaired) electrons. The van der Waals surface area contributed by atoms with E-state index in [1.807, 2.05) is 0 Å². The number of halogens is 4. The third-order valence-corrected chi connectivity index (χ3v) is 5.69. The highest BCUT2D eigenvalue weighted by atomic mass is 19.4. The quantitative estimate of drug-likeness (QED) is 0.352. The van der Waals surface area contributed by atoms with Crippen LogP contribution in [-0.2, 0) is 6.18 Å². The van der Waals surface area contributed by atoms with E-state index in [4.69, 9.17) is 9.47 Å². The Morgan fingerprint density at radius 3 is 2.56 bits per heavy atom. The average Bonchev–Trinajstić information content (AvgIpc) is 2.82. The Bertz CT molecular complexity index is 1140. The Balaban J connectivity index is 1.51. The molecule has 0 spiro atoms. The molecule has 1 aromatic heterocycles. The van der Waals surface area contributed by atoms with Crippen molar-refractivity contribution in [2.75, 3.05) is 38.7 Å². The third-order valence-electron chi connectivity index (χ3n) is 5.69. The zero-order valence-electron chi connectivity index (χ0n) is 18.7. The normalized spacial score (nSPS) is 14.9. The predicted molar refractivity (Wildman–Crippen MR) is 119 cm³/mol. The molecule has 0 atom stereocenters. The maximum absolute atomic E-state index is 13.6. The number of anilines is 2. The fourth-order valence-electron chi connectivity index (χ4n) is 3.97. The van der Waals surface area contributed by atoms with E-state index in [2.05, 4.69) is 25.6 Å². The van der Waals surface area contributed by atoms with Gasteiger partial charge in [0.25, 0.3) is 0 Å². The lowest BCUT2D eigenvalue weighted by atomic mass is 10.1. The third kappa shape index (κ3) is 5.64. The highest BCUT2D eigenvalue weighted by molar-refractivity contribution is 5.92. The summed E-state index contributed by atoms with van der Waals surface area (Å²) < 4.78 is 64.2. The molecule has 1 fully saturated rings. The maximum Gasteiger partial charge on any atom is 0.419 e. The van der Waals surface area contributed by atoms with Gasteiger partial charge >= 0.3 is 6.18 Å². The minimum absolute atomic E-state index is 0.00697. The van der Waals surface area contributed by atoms with E-state index < -0.39 is 17.6 Å². The largest absolute Gasteiger partial charge is 0.493 e. The summed E-state index contributed by atoms with van der Waals surface area (Å²) in [6.07, 6.45) is -0.201. The first-order chi connectivity index (χ1) is 16.3. The number of likely N-dealkylation sites (tertiary alicyclic amines) is 1. The summed E-state index contributed by atoms with van der Waals surface area (Å²) in [6, 6.07) is 5.91. The lowest BCUT2D eigenvalue weighted by Crippen LogP contribution is -2.31. The van der Waals surface area contributed by atoms with Crippen molar-refractivity contribution in [3.05, 3.63) is 41.7 Å². The van der Waals surface area contributed by atoms with Gasteiger partial charge in [0.2, 0.25) is 0 Å². The van der Waals surface area contributed by atoms with Gasteiger partial charge in [-0.25, -0.2) is 4.39 Å². The number of rotatable bonds is 8. The zero-order valence-corrected chi connectivity index (χ0v) is 18.7. The van der Waals surface area contributed by atoms with Crippen LogP contribution in [0.1, 0.15) is 31.2 Å². The molecular weight excluding hydrogens is 454 g/mol. The van der Waals surface area contributed by atoms with E-state index in [1.54, 1.807) is 12.1 Å². The Labute approximate surface area is 194 Å². The van der Waals surface area contributed by atoms with Crippen LogP contribution in [0, 0.1) is 5.82 Å². The number of alkyl halides is 3. The Kier molecular flexibility index (Phi) is 7.30. The SMILES string of the molecule is COc1cc2c(Nc3ccc(F)c(C(F)(F)F)c3)nnnc2cc1OCCCN1CCCCC1. The van der Waals surface area contributed by atoms with Gasteiger partial charge in [-0.2, -0.15) is 13.2 Å².